The maximum atomic E-state index is 12.3. The molecule has 5 heteroatoms. The van der Waals surface area contributed by atoms with Crippen molar-refractivity contribution in [2.24, 2.45) is 0 Å². The lowest BCUT2D eigenvalue weighted by atomic mass is 10.1. The first kappa shape index (κ1) is 10.7. The summed E-state index contributed by atoms with van der Waals surface area (Å²) in [6, 6.07) is 0. The molecule has 1 aromatic heterocycles. The summed E-state index contributed by atoms with van der Waals surface area (Å²) in [5.74, 6) is 0. The van der Waals surface area contributed by atoms with Gasteiger partial charge in [-0.15, -0.1) is 0 Å². The fraction of sp³-hybridized carbons (Fsp3) is 0.375. The zero-order chi connectivity index (χ0) is 10.1. The SMILES string of the molecule is CCc1cncc(C(F)(F)F)c1I. The molecule has 1 heterocycles. The fourth-order valence-electron chi connectivity index (χ4n) is 0.932. The molecule has 0 aromatic carbocycles. The Morgan fingerprint density at radius 3 is 2.46 bits per heavy atom. The van der Waals surface area contributed by atoms with Crippen molar-refractivity contribution in [3.05, 3.63) is 27.1 Å². The van der Waals surface area contributed by atoms with E-state index in [1.54, 1.807) is 29.5 Å². The molecule has 0 saturated carbocycles. The van der Waals surface area contributed by atoms with Gasteiger partial charge >= 0.3 is 6.18 Å². The van der Waals surface area contributed by atoms with Crippen molar-refractivity contribution in [3.8, 4) is 0 Å². The first-order valence-electron chi connectivity index (χ1n) is 3.66. The minimum Gasteiger partial charge on any atom is -0.264 e. The average molecular weight is 301 g/mol. The van der Waals surface area contributed by atoms with Gasteiger partial charge in [0, 0.05) is 16.0 Å². The Morgan fingerprint density at radius 1 is 1.38 bits per heavy atom. The lowest BCUT2D eigenvalue weighted by Gasteiger charge is -2.10. The summed E-state index contributed by atoms with van der Waals surface area (Å²) in [5, 5.41) is 0. The number of aromatic nitrogens is 1. The summed E-state index contributed by atoms with van der Waals surface area (Å²) >= 11 is 1.71. The van der Waals surface area contributed by atoms with E-state index in [0.29, 0.717) is 12.0 Å². The second-order valence-corrected chi connectivity index (χ2v) is 3.59. The Morgan fingerprint density at radius 2 is 2.00 bits per heavy atom. The van der Waals surface area contributed by atoms with E-state index in [2.05, 4.69) is 4.98 Å². The standard InChI is InChI=1S/C8H7F3IN/c1-2-5-3-13-4-6(7(5)12)8(9,10)11/h3-4H,2H2,1H3. The zero-order valence-corrected chi connectivity index (χ0v) is 8.98. The summed E-state index contributed by atoms with van der Waals surface area (Å²) < 4.78 is 37.2. The third-order valence-corrected chi connectivity index (χ3v) is 2.91. The highest BCUT2D eigenvalue weighted by Crippen LogP contribution is 2.33. The smallest absolute Gasteiger partial charge is 0.264 e. The molecule has 0 amide bonds. The molecule has 1 rings (SSSR count). The summed E-state index contributed by atoms with van der Waals surface area (Å²) in [7, 11) is 0. The molecule has 1 nitrogen and oxygen atoms in total. The van der Waals surface area contributed by atoms with Gasteiger partial charge in [-0.2, -0.15) is 13.2 Å². The molecule has 72 valence electrons. The van der Waals surface area contributed by atoms with Crippen molar-refractivity contribution in [1.29, 1.82) is 0 Å². The fourth-order valence-corrected chi connectivity index (χ4v) is 1.90. The molecule has 0 atom stereocenters. The molecule has 0 aliphatic rings. The Bertz CT molecular complexity index is 309. The van der Waals surface area contributed by atoms with E-state index < -0.39 is 11.7 Å². The summed E-state index contributed by atoms with van der Waals surface area (Å²) in [5.41, 5.74) is -0.0112. The number of halogens is 4. The topological polar surface area (TPSA) is 12.9 Å². The van der Waals surface area contributed by atoms with Gasteiger partial charge in [0.2, 0.25) is 0 Å². The van der Waals surface area contributed by atoms with E-state index >= 15 is 0 Å². The molecule has 1 aromatic rings. The second kappa shape index (κ2) is 3.81. The van der Waals surface area contributed by atoms with Crippen LogP contribution in [0.15, 0.2) is 12.4 Å². The largest absolute Gasteiger partial charge is 0.418 e. The second-order valence-electron chi connectivity index (χ2n) is 2.51. The number of hydrogen-bond donors (Lipinski definition) is 0. The van der Waals surface area contributed by atoms with Gasteiger partial charge in [-0.3, -0.25) is 4.98 Å². The van der Waals surface area contributed by atoms with Crippen molar-refractivity contribution in [2.75, 3.05) is 0 Å². The zero-order valence-electron chi connectivity index (χ0n) is 6.82. The quantitative estimate of drug-likeness (QED) is 0.726. The number of rotatable bonds is 1. The van der Waals surface area contributed by atoms with E-state index in [9.17, 15) is 13.2 Å². The van der Waals surface area contributed by atoms with Crippen LogP contribution >= 0.6 is 22.6 Å². The van der Waals surface area contributed by atoms with Crippen LogP contribution in [0, 0.1) is 3.57 Å². The van der Waals surface area contributed by atoms with Crippen LogP contribution in [0.3, 0.4) is 0 Å². The summed E-state index contributed by atoms with van der Waals surface area (Å²) in [6.45, 7) is 1.80. The van der Waals surface area contributed by atoms with Crippen LogP contribution in [0.2, 0.25) is 0 Å². The van der Waals surface area contributed by atoms with E-state index in [1.807, 2.05) is 0 Å². The molecular weight excluding hydrogens is 294 g/mol. The first-order chi connectivity index (χ1) is 5.96. The van der Waals surface area contributed by atoms with E-state index in [1.165, 1.54) is 6.20 Å². The minimum atomic E-state index is -4.30. The van der Waals surface area contributed by atoms with Gasteiger partial charge < -0.3 is 0 Å². The van der Waals surface area contributed by atoms with Crippen LogP contribution < -0.4 is 0 Å². The van der Waals surface area contributed by atoms with E-state index in [4.69, 9.17) is 0 Å². The molecule has 0 fully saturated rings. The maximum absolute atomic E-state index is 12.3. The van der Waals surface area contributed by atoms with Crippen LogP contribution in [-0.2, 0) is 12.6 Å². The number of nitrogens with zero attached hydrogens (tertiary/aromatic N) is 1. The molecular formula is C8H7F3IN. The Balaban J connectivity index is 3.24. The van der Waals surface area contributed by atoms with Gasteiger partial charge in [0.05, 0.1) is 5.56 Å². The van der Waals surface area contributed by atoms with E-state index in [-0.39, 0.29) is 3.57 Å². The normalized spacial score (nSPS) is 11.8. The third-order valence-electron chi connectivity index (χ3n) is 1.64. The van der Waals surface area contributed by atoms with Crippen LogP contribution in [0.4, 0.5) is 13.2 Å². The molecule has 0 N–H and O–H groups in total. The Hall–Kier alpha value is -0.330. The molecule has 0 saturated heterocycles. The number of hydrogen-bond acceptors (Lipinski definition) is 1. The predicted molar refractivity (Wildman–Crippen MR) is 51.3 cm³/mol. The highest BCUT2D eigenvalue weighted by molar-refractivity contribution is 14.1. The number of aryl methyl sites for hydroxylation is 1. The van der Waals surface area contributed by atoms with Gasteiger partial charge in [-0.25, -0.2) is 0 Å². The molecule has 0 aliphatic heterocycles. The molecule has 0 bridgehead atoms. The van der Waals surface area contributed by atoms with Crippen LogP contribution in [0.1, 0.15) is 18.1 Å². The van der Waals surface area contributed by atoms with Crippen LogP contribution in [0.5, 0.6) is 0 Å². The van der Waals surface area contributed by atoms with Gasteiger partial charge in [0.1, 0.15) is 0 Å². The predicted octanol–water partition coefficient (Wildman–Crippen LogP) is 3.27. The van der Waals surface area contributed by atoms with Crippen molar-refractivity contribution in [2.45, 2.75) is 19.5 Å². The molecule has 0 aliphatic carbocycles. The third kappa shape index (κ3) is 2.32. The monoisotopic (exact) mass is 301 g/mol. The lowest BCUT2D eigenvalue weighted by molar-refractivity contribution is -0.138. The number of pyridine rings is 1. The lowest BCUT2D eigenvalue weighted by Crippen LogP contribution is -2.09. The highest BCUT2D eigenvalue weighted by Gasteiger charge is 2.33. The van der Waals surface area contributed by atoms with Gasteiger partial charge in [0.15, 0.2) is 0 Å². The molecule has 0 radical (unpaired) electrons. The first-order valence-corrected chi connectivity index (χ1v) is 4.74. The van der Waals surface area contributed by atoms with Crippen LogP contribution in [-0.4, -0.2) is 4.98 Å². The van der Waals surface area contributed by atoms with E-state index in [0.717, 1.165) is 6.20 Å². The van der Waals surface area contributed by atoms with Gasteiger partial charge in [-0.05, 0) is 34.6 Å². The van der Waals surface area contributed by atoms with Crippen molar-refractivity contribution < 1.29 is 13.2 Å². The van der Waals surface area contributed by atoms with Crippen molar-refractivity contribution in [3.63, 3.8) is 0 Å². The van der Waals surface area contributed by atoms with Crippen molar-refractivity contribution >= 4 is 22.6 Å². The van der Waals surface area contributed by atoms with Crippen LogP contribution in [0.25, 0.3) is 0 Å². The highest BCUT2D eigenvalue weighted by atomic mass is 127. The Kier molecular flexibility index (Phi) is 3.15. The van der Waals surface area contributed by atoms with Crippen molar-refractivity contribution in [1.82, 2.24) is 4.98 Å². The Labute approximate surface area is 87.5 Å². The summed E-state index contributed by atoms with van der Waals surface area (Å²) in [6.07, 6.45) is -1.40. The average Bonchev–Trinajstić information content (AvgIpc) is 2.02. The maximum Gasteiger partial charge on any atom is 0.418 e. The number of alkyl halides is 3. The molecule has 0 unspecified atom stereocenters. The minimum absolute atomic E-state index is 0.252. The molecule has 13 heavy (non-hydrogen) atoms. The van der Waals surface area contributed by atoms with Gasteiger partial charge in [-0.1, -0.05) is 6.92 Å². The molecule has 0 spiro atoms. The van der Waals surface area contributed by atoms with Gasteiger partial charge in [0.25, 0.3) is 0 Å². The summed E-state index contributed by atoms with van der Waals surface area (Å²) in [4.78, 5) is 3.56.